The lowest BCUT2D eigenvalue weighted by molar-refractivity contribution is -0.162. The summed E-state index contributed by atoms with van der Waals surface area (Å²) in [5.74, 6) is 0.534. The zero-order valence-electron chi connectivity index (χ0n) is 54.4. The highest BCUT2D eigenvalue weighted by atomic mass is 19.1. The zero-order valence-corrected chi connectivity index (χ0v) is 54.4. The fourth-order valence-corrected chi connectivity index (χ4v) is 10.9. The molecule has 6 amide bonds. The monoisotopic (exact) mass is 1320 g/mol. The molecule has 0 bridgehead atoms. The number of nitrogens with one attached hydrogen (secondary N) is 4. The van der Waals surface area contributed by atoms with E-state index in [4.69, 9.17) is 56.8 Å². The van der Waals surface area contributed by atoms with Crippen LogP contribution in [0.2, 0.25) is 0 Å². The maximum Gasteiger partial charge on any atom is 0.329 e. The highest BCUT2D eigenvalue weighted by Crippen LogP contribution is 2.42. The molecule has 25 nitrogen and oxygen atoms in total. The summed E-state index contributed by atoms with van der Waals surface area (Å²) >= 11 is 0. The van der Waals surface area contributed by atoms with Crippen molar-refractivity contribution in [2.45, 2.75) is 76.0 Å². The molecule has 2 fully saturated rings. The number of methoxy groups -OCH3 is 5. The SMILES string of the molecule is CC[C@H](C(=O)N1CCCC[C@H]1C(=O)O[C@@H](CCc1ccc(OC)c(OC)c1)c1cccc(OCC(=O)NCCOCCOCCOCCOCCC(=O)NCCOc2ccc(-n3cc(C4NC(=O)NC4=O)c(-c4ccc(F)cc4)n3)cc2)c1)c1cc(OC)c(OC)c(OC)c1. The predicted octanol–water partition coefficient (Wildman–Crippen LogP) is 7.54. The van der Waals surface area contributed by atoms with Crippen LogP contribution < -0.4 is 54.4 Å². The van der Waals surface area contributed by atoms with Gasteiger partial charge in [0.15, 0.2) is 29.6 Å². The number of piperidine rings is 1. The first-order valence-corrected chi connectivity index (χ1v) is 31.5. The number of aryl methyl sites for hydroxylation is 1. The highest BCUT2D eigenvalue weighted by Gasteiger charge is 2.39. The third-order valence-electron chi connectivity index (χ3n) is 15.8. The van der Waals surface area contributed by atoms with E-state index in [9.17, 15) is 33.2 Å². The number of amides is 6. The van der Waals surface area contributed by atoms with Crippen molar-refractivity contribution in [3.05, 3.63) is 137 Å². The maximum absolute atomic E-state index is 14.6. The van der Waals surface area contributed by atoms with E-state index in [0.717, 1.165) is 18.4 Å². The van der Waals surface area contributed by atoms with E-state index in [1.165, 1.54) is 33.5 Å². The lowest BCUT2D eigenvalue weighted by atomic mass is 9.91. The van der Waals surface area contributed by atoms with Crippen LogP contribution in [0.1, 0.15) is 85.8 Å². The minimum absolute atomic E-state index is 0.158. The molecule has 4 N–H and O–H groups in total. The molecule has 2 saturated heterocycles. The molecule has 26 heteroatoms. The average Bonchev–Trinajstić information content (AvgIpc) is 1.73. The minimum atomic E-state index is -0.968. The number of hydrogen-bond donors (Lipinski definition) is 4. The molecule has 8 rings (SSSR count). The van der Waals surface area contributed by atoms with Gasteiger partial charge in [-0.2, -0.15) is 5.10 Å². The molecule has 0 spiro atoms. The summed E-state index contributed by atoms with van der Waals surface area (Å²) in [5, 5.41) is 15.1. The molecule has 5 aromatic carbocycles. The van der Waals surface area contributed by atoms with Crippen LogP contribution in [-0.2, 0) is 54.1 Å². The van der Waals surface area contributed by atoms with Crippen LogP contribution in [0.4, 0.5) is 9.18 Å². The maximum atomic E-state index is 14.6. The van der Waals surface area contributed by atoms with E-state index in [-0.39, 0.29) is 63.7 Å². The first-order chi connectivity index (χ1) is 46.2. The van der Waals surface area contributed by atoms with E-state index in [0.29, 0.717) is 146 Å². The number of urea groups is 1. The Hall–Kier alpha value is -9.50. The Kier molecular flexibility index (Phi) is 27.7. The van der Waals surface area contributed by atoms with Crippen molar-refractivity contribution in [2.24, 2.45) is 0 Å². The largest absolute Gasteiger partial charge is 0.493 e. The number of ether oxygens (including phenoxy) is 12. The molecule has 2 aliphatic heterocycles. The number of likely N-dealkylation sites (tertiary alicyclic amines) is 1. The first kappa shape index (κ1) is 71.4. The second-order valence-corrected chi connectivity index (χ2v) is 22.0. The molecule has 6 aromatic rings. The van der Waals surface area contributed by atoms with Gasteiger partial charge in [-0.25, -0.2) is 18.7 Å². The number of carbonyl (C=O) groups excluding carboxylic acids is 6. The summed E-state index contributed by atoms with van der Waals surface area (Å²) in [6, 6.07) is 26.5. The van der Waals surface area contributed by atoms with Crippen LogP contribution in [0.25, 0.3) is 16.9 Å². The van der Waals surface area contributed by atoms with Crippen molar-refractivity contribution >= 4 is 35.6 Å². The molecular formula is C69H84FN7O18. The minimum Gasteiger partial charge on any atom is -0.493 e. The summed E-state index contributed by atoms with van der Waals surface area (Å²) in [7, 11) is 7.70. The molecule has 510 valence electrons. The summed E-state index contributed by atoms with van der Waals surface area (Å²) < 4.78 is 83.5. The van der Waals surface area contributed by atoms with Crippen LogP contribution in [-0.4, -0.2) is 178 Å². The van der Waals surface area contributed by atoms with Crippen LogP contribution >= 0.6 is 0 Å². The Bertz CT molecular complexity index is 3470. The van der Waals surface area contributed by atoms with E-state index < -0.39 is 47.8 Å². The van der Waals surface area contributed by atoms with Crippen LogP contribution in [0.15, 0.2) is 109 Å². The van der Waals surface area contributed by atoms with Crippen molar-refractivity contribution in [1.29, 1.82) is 0 Å². The second-order valence-electron chi connectivity index (χ2n) is 22.0. The molecule has 0 aliphatic carbocycles. The summed E-state index contributed by atoms with van der Waals surface area (Å²) in [4.78, 5) is 80.3. The number of esters is 1. The smallest absolute Gasteiger partial charge is 0.329 e. The number of rotatable bonds is 39. The third kappa shape index (κ3) is 20.5. The fourth-order valence-electron chi connectivity index (χ4n) is 10.9. The van der Waals surface area contributed by atoms with Crippen LogP contribution in [0.3, 0.4) is 0 Å². The van der Waals surface area contributed by atoms with Gasteiger partial charge in [0.05, 0.1) is 112 Å². The Labute approximate surface area is 551 Å². The standard InChI is InChI=1S/C69H84FN7O18/c1-7-53(48-41-59(86-4)65(88-6)60(42-48)87-5)67(81)76-29-9-8-13-55(76)68(82)95-56(24-14-45-15-25-57(84-2)58(39-45)85-3)47-11-10-12-52(40-47)94-44-62(79)72-27-31-90-34-36-92-38-37-91-35-33-89-30-26-61(78)71-28-32-93-51-22-20-50(21-23-51)77-43-54(64-66(80)74-69(83)73-64)63(75-77)46-16-18-49(70)19-17-46/h10-12,15-23,25,39-43,53,55-56,64H,7-9,13-14,24,26-38,44H2,1-6H3,(H,71,78)(H,72,79)(H2,73,74,80,83)/t53-,55-,56-,64?/m0/s1. The van der Waals surface area contributed by atoms with Gasteiger partial charge in [0.2, 0.25) is 17.6 Å². The van der Waals surface area contributed by atoms with Crippen LogP contribution in [0, 0.1) is 5.82 Å². The second kappa shape index (κ2) is 36.8. The molecular weight excluding hydrogens is 1230 g/mol. The van der Waals surface area contributed by atoms with Gasteiger partial charge in [-0.1, -0.05) is 25.1 Å². The van der Waals surface area contributed by atoms with Crippen molar-refractivity contribution in [3.8, 4) is 57.2 Å². The summed E-state index contributed by atoms with van der Waals surface area (Å²) in [6.45, 7) is 5.12. The normalized spacial score (nSPS) is 15.0. The van der Waals surface area contributed by atoms with E-state index in [2.05, 4.69) is 26.4 Å². The summed E-state index contributed by atoms with van der Waals surface area (Å²) in [5.41, 5.74) is 4.31. The zero-order chi connectivity index (χ0) is 67.5. The van der Waals surface area contributed by atoms with Gasteiger partial charge in [-0.15, -0.1) is 0 Å². The predicted molar refractivity (Wildman–Crippen MR) is 345 cm³/mol. The first-order valence-electron chi connectivity index (χ1n) is 31.5. The van der Waals surface area contributed by atoms with Gasteiger partial charge in [0.25, 0.3) is 11.8 Å². The van der Waals surface area contributed by atoms with Crippen molar-refractivity contribution in [3.63, 3.8) is 0 Å². The number of halogens is 1. The van der Waals surface area contributed by atoms with Gasteiger partial charge in [-0.3, -0.25) is 24.5 Å². The molecule has 1 aromatic heterocycles. The molecule has 0 radical (unpaired) electrons. The lowest BCUT2D eigenvalue weighted by Crippen LogP contribution is -2.50. The Balaban J connectivity index is 0.683. The number of hydrogen-bond acceptors (Lipinski definition) is 19. The van der Waals surface area contributed by atoms with E-state index >= 15 is 0 Å². The number of nitrogens with zero attached hydrogens (tertiary/aromatic N) is 3. The van der Waals surface area contributed by atoms with Crippen molar-refractivity contribution in [2.75, 3.05) is 121 Å². The number of carbonyl (C=O) groups is 6. The molecule has 0 saturated carbocycles. The average molecular weight is 1320 g/mol. The topological polar surface area (TPSA) is 282 Å². The number of imide groups is 1. The summed E-state index contributed by atoms with van der Waals surface area (Å²) in [6.07, 6.45) is 4.26. The molecule has 2 aliphatic rings. The van der Waals surface area contributed by atoms with Gasteiger partial charge >= 0.3 is 12.0 Å². The molecule has 3 heterocycles. The lowest BCUT2D eigenvalue weighted by Gasteiger charge is -2.37. The van der Waals surface area contributed by atoms with Crippen molar-refractivity contribution in [1.82, 2.24) is 35.9 Å². The Morgan fingerprint density at radius 2 is 1.33 bits per heavy atom. The van der Waals surface area contributed by atoms with Crippen molar-refractivity contribution < 1.29 is 90.0 Å². The third-order valence-corrected chi connectivity index (χ3v) is 15.8. The van der Waals surface area contributed by atoms with Gasteiger partial charge in [0, 0.05) is 36.8 Å². The van der Waals surface area contributed by atoms with Gasteiger partial charge < -0.3 is 77.7 Å². The highest BCUT2D eigenvalue weighted by molar-refractivity contribution is 6.05. The Morgan fingerprint density at radius 1 is 0.663 bits per heavy atom. The number of aromatic nitrogens is 2. The molecule has 4 atom stereocenters. The quantitative estimate of drug-likeness (QED) is 0.0165. The number of benzene rings is 5. The Morgan fingerprint density at radius 3 is 1.98 bits per heavy atom. The van der Waals surface area contributed by atoms with Crippen LogP contribution in [0.5, 0.6) is 40.2 Å². The molecule has 95 heavy (non-hydrogen) atoms. The van der Waals surface area contributed by atoms with Gasteiger partial charge in [0.1, 0.15) is 42.1 Å². The van der Waals surface area contributed by atoms with E-state index in [1.807, 2.05) is 31.2 Å². The van der Waals surface area contributed by atoms with E-state index in [1.54, 1.807) is 96.7 Å². The molecule has 1 unspecified atom stereocenters. The fraction of sp³-hybridized carbons (Fsp3) is 0.435. The van der Waals surface area contributed by atoms with Gasteiger partial charge in [-0.05, 0) is 140 Å².